The Bertz CT molecular complexity index is 981. The van der Waals surface area contributed by atoms with Crippen LogP contribution in [0.15, 0.2) is 48.3 Å². The van der Waals surface area contributed by atoms with E-state index in [0.29, 0.717) is 31.0 Å². The molecule has 2 rings (SSSR count). The van der Waals surface area contributed by atoms with E-state index >= 15 is 0 Å². The molecule has 2 aromatic rings. The standard InChI is InChI=1S/C22H32N4O4S/c1-6-11-25(21(27)24-17(2)3)15-20-14-23-22(26(20)12-13-30-5)31(28,29)16-19-9-7-18(4)8-10-19/h6-10,14,17H,1,11-13,15-16H2,2-5H3,(H,24,27). The molecule has 0 unspecified atom stereocenters. The Morgan fingerprint density at radius 2 is 2.00 bits per heavy atom. The average Bonchev–Trinajstić information content (AvgIpc) is 3.10. The smallest absolute Gasteiger partial charge is 0.318 e. The van der Waals surface area contributed by atoms with Crippen molar-refractivity contribution in [1.29, 1.82) is 0 Å². The molecule has 0 radical (unpaired) electrons. The molecule has 0 aliphatic carbocycles. The second kappa shape index (κ2) is 11.1. The number of imidazole rings is 1. The quantitative estimate of drug-likeness (QED) is 0.534. The van der Waals surface area contributed by atoms with Crippen molar-refractivity contribution >= 4 is 15.9 Å². The third-order valence-electron chi connectivity index (χ3n) is 4.58. The Hall–Kier alpha value is -2.65. The summed E-state index contributed by atoms with van der Waals surface area (Å²) < 4.78 is 33.1. The number of urea groups is 1. The Kier molecular flexibility index (Phi) is 8.82. The fraction of sp³-hybridized carbons (Fsp3) is 0.455. The van der Waals surface area contributed by atoms with Crippen LogP contribution in [0.4, 0.5) is 4.79 Å². The minimum Gasteiger partial charge on any atom is -0.383 e. The zero-order valence-electron chi connectivity index (χ0n) is 18.7. The molecule has 0 fully saturated rings. The lowest BCUT2D eigenvalue weighted by molar-refractivity contribution is 0.180. The van der Waals surface area contributed by atoms with Crippen LogP contribution in [0, 0.1) is 6.92 Å². The van der Waals surface area contributed by atoms with E-state index in [9.17, 15) is 13.2 Å². The summed E-state index contributed by atoms with van der Waals surface area (Å²) in [6, 6.07) is 7.10. The summed E-state index contributed by atoms with van der Waals surface area (Å²) in [5.41, 5.74) is 2.37. The van der Waals surface area contributed by atoms with E-state index in [0.717, 1.165) is 5.56 Å². The Labute approximate surface area is 184 Å². The molecule has 0 saturated heterocycles. The first-order chi connectivity index (χ1) is 14.7. The first-order valence-electron chi connectivity index (χ1n) is 10.2. The number of sulfone groups is 1. The van der Waals surface area contributed by atoms with Crippen molar-refractivity contribution in [2.45, 2.75) is 50.8 Å². The molecule has 31 heavy (non-hydrogen) atoms. The van der Waals surface area contributed by atoms with Gasteiger partial charge in [-0.2, -0.15) is 0 Å². The number of rotatable bonds is 11. The third kappa shape index (κ3) is 6.93. The van der Waals surface area contributed by atoms with Crippen LogP contribution in [0.25, 0.3) is 0 Å². The number of nitrogens with one attached hydrogen (secondary N) is 1. The number of nitrogens with zero attached hydrogens (tertiary/aromatic N) is 3. The van der Waals surface area contributed by atoms with Gasteiger partial charge in [0.15, 0.2) is 0 Å². The van der Waals surface area contributed by atoms with Gasteiger partial charge in [0.25, 0.3) is 0 Å². The second-order valence-electron chi connectivity index (χ2n) is 7.69. The summed E-state index contributed by atoms with van der Waals surface area (Å²) in [6.07, 6.45) is 3.14. The lowest BCUT2D eigenvalue weighted by Gasteiger charge is -2.23. The molecular weight excluding hydrogens is 416 g/mol. The number of carbonyl (C=O) groups excluding carboxylic acids is 1. The summed E-state index contributed by atoms with van der Waals surface area (Å²) in [5, 5.41) is 2.83. The zero-order chi connectivity index (χ0) is 23.0. The maximum absolute atomic E-state index is 13.1. The number of amides is 2. The van der Waals surface area contributed by atoms with Crippen molar-refractivity contribution in [3.8, 4) is 0 Å². The molecule has 0 aliphatic heterocycles. The zero-order valence-corrected chi connectivity index (χ0v) is 19.5. The molecule has 8 nitrogen and oxygen atoms in total. The second-order valence-corrected chi connectivity index (χ2v) is 9.58. The van der Waals surface area contributed by atoms with E-state index in [1.54, 1.807) is 34.8 Å². The van der Waals surface area contributed by atoms with Crippen molar-refractivity contribution in [1.82, 2.24) is 19.8 Å². The fourth-order valence-corrected chi connectivity index (χ4v) is 4.58. The van der Waals surface area contributed by atoms with Crippen LogP contribution in [0.2, 0.25) is 0 Å². The van der Waals surface area contributed by atoms with Gasteiger partial charge in [0.1, 0.15) is 0 Å². The summed E-state index contributed by atoms with van der Waals surface area (Å²) in [6.45, 7) is 10.6. The van der Waals surface area contributed by atoms with E-state index in [-0.39, 0.29) is 29.5 Å². The number of carbonyl (C=O) groups is 1. The van der Waals surface area contributed by atoms with Gasteiger partial charge in [0.05, 0.1) is 30.8 Å². The highest BCUT2D eigenvalue weighted by Crippen LogP contribution is 2.19. The van der Waals surface area contributed by atoms with Gasteiger partial charge in [-0.3, -0.25) is 0 Å². The van der Waals surface area contributed by atoms with Crippen molar-refractivity contribution in [3.63, 3.8) is 0 Å². The molecule has 1 N–H and O–H groups in total. The van der Waals surface area contributed by atoms with E-state index in [4.69, 9.17) is 4.74 Å². The molecule has 0 atom stereocenters. The van der Waals surface area contributed by atoms with E-state index in [1.165, 1.54) is 6.20 Å². The Morgan fingerprint density at radius 3 is 2.58 bits per heavy atom. The monoisotopic (exact) mass is 448 g/mol. The maximum Gasteiger partial charge on any atom is 0.318 e. The van der Waals surface area contributed by atoms with Crippen LogP contribution in [-0.2, 0) is 33.4 Å². The van der Waals surface area contributed by atoms with Gasteiger partial charge in [-0.1, -0.05) is 35.9 Å². The van der Waals surface area contributed by atoms with Gasteiger partial charge in [-0.25, -0.2) is 18.2 Å². The molecule has 0 aliphatic rings. The predicted octanol–water partition coefficient (Wildman–Crippen LogP) is 2.92. The molecular formula is C22H32N4O4S. The molecule has 0 saturated carbocycles. The van der Waals surface area contributed by atoms with Crippen LogP contribution in [0.1, 0.15) is 30.7 Å². The van der Waals surface area contributed by atoms with Gasteiger partial charge >= 0.3 is 6.03 Å². The van der Waals surface area contributed by atoms with E-state index in [2.05, 4.69) is 16.9 Å². The first-order valence-corrected chi connectivity index (χ1v) is 11.8. The SMILES string of the molecule is C=CCN(Cc1cnc(S(=O)(=O)Cc2ccc(C)cc2)n1CCOC)C(=O)NC(C)C. The van der Waals surface area contributed by atoms with Crippen molar-refractivity contribution in [2.75, 3.05) is 20.3 Å². The summed E-state index contributed by atoms with van der Waals surface area (Å²) in [5.74, 6) is -0.152. The highest BCUT2D eigenvalue weighted by molar-refractivity contribution is 7.90. The number of benzene rings is 1. The minimum absolute atomic E-state index is 0.0244. The maximum atomic E-state index is 13.1. The number of hydrogen-bond acceptors (Lipinski definition) is 5. The third-order valence-corrected chi connectivity index (χ3v) is 6.17. The van der Waals surface area contributed by atoms with Crippen LogP contribution < -0.4 is 5.32 Å². The Morgan fingerprint density at radius 1 is 1.32 bits per heavy atom. The van der Waals surface area contributed by atoms with Crippen LogP contribution in [0.3, 0.4) is 0 Å². The molecule has 1 aromatic carbocycles. The summed E-state index contributed by atoms with van der Waals surface area (Å²) >= 11 is 0. The highest BCUT2D eigenvalue weighted by atomic mass is 32.2. The average molecular weight is 449 g/mol. The van der Waals surface area contributed by atoms with Gasteiger partial charge in [-0.15, -0.1) is 6.58 Å². The normalized spacial score (nSPS) is 11.5. The molecule has 9 heteroatoms. The Balaban J connectivity index is 2.35. The van der Waals surface area contributed by atoms with E-state index in [1.807, 2.05) is 32.9 Å². The molecule has 2 amide bonds. The molecule has 0 bridgehead atoms. The molecule has 1 heterocycles. The lowest BCUT2D eigenvalue weighted by atomic mass is 10.2. The van der Waals surface area contributed by atoms with Gasteiger partial charge < -0.3 is 19.5 Å². The van der Waals surface area contributed by atoms with Crippen molar-refractivity contribution in [2.24, 2.45) is 0 Å². The fourth-order valence-electron chi connectivity index (χ4n) is 3.07. The van der Waals surface area contributed by atoms with Crippen LogP contribution >= 0.6 is 0 Å². The number of methoxy groups -OCH3 is 1. The predicted molar refractivity (Wildman–Crippen MR) is 120 cm³/mol. The van der Waals surface area contributed by atoms with Crippen molar-refractivity contribution in [3.05, 3.63) is 59.9 Å². The van der Waals surface area contributed by atoms with Crippen LogP contribution in [0.5, 0.6) is 0 Å². The highest BCUT2D eigenvalue weighted by Gasteiger charge is 2.25. The number of ether oxygens (including phenoxy) is 1. The van der Waals surface area contributed by atoms with Gasteiger partial charge in [0, 0.05) is 26.2 Å². The lowest BCUT2D eigenvalue weighted by Crippen LogP contribution is -2.43. The topological polar surface area (TPSA) is 93.5 Å². The largest absolute Gasteiger partial charge is 0.383 e. The minimum atomic E-state index is -3.70. The van der Waals surface area contributed by atoms with Crippen molar-refractivity contribution < 1.29 is 17.9 Å². The number of hydrogen-bond donors (Lipinski definition) is 1. The molecule has 0 spiro atoms. The van der Waals surface area contributed by atoms with Gasteiger partial charge in [-0.05, 0) is 26.3 Å². The summed E-state index contributed by atoms with van der Waals surface area (Å²) in [4.78, 5) is 18.3. The van der Waals surface area contributed by atoms with Gasteiger partial charge in [0.2, 0.25) is 15.0 Å². The molecule has 1 aromatic heterocycles. The van der Waals surface area contributed by atoms with Crippen LogP contribution in [-0.4, -0.2) is 55.2 Å². The number of aromatic nitrogens is 2. The number of aryl methyl sites for hydroxylation is 1. The summed E-state index contributed by atoms with van der Waals surface area (Å²) in [7, 11) is -2.14. The molecule has 170 valence electrons. The first kappa shape index (κ1) is 24.6. The van der Waals surface area contributed by atoms with E-state index < -0.39 is 9.84 Å².